The third-order valence-corrected chi connectivity index (χ3v) is 4.74. The van der Waals surface area contributed by atoms with Gasteiger partial charge in [0.2, 0.25) is 5.91 Å². The molecule has 0 radical (unpaired) electrons. The van der Waals surface area contributed by atoms with Crippen LogP contribution < -0.4 is 5.32 Å². The lowest BCUT2D eigenvalue weighted by atomic mass is 10.0. The Morgan fingerprint density at radius 2 is 1.77 bits per heavy atom. The molecule has 0 aliphatic heterocycles. The number of anilines is 1. The summed E-state index contributed by atoms with van der Waals surface area (Å²) in [6, 6.07) is 18.1. The Morgan fingerprint density at radius 1 is 1.09 bits per heavy atom. The Labute approximate surface area is 137 Å². The molecule has 2 rings (SSSR count). The van der Waals surface area contributed by atoms with Crippen LogP contribution in [0.2, 0.25) is 0 Å². The Morgan fingerprint density at radius 3 is 2.50 bits per heavy atom. The lowest BCUT2D eigenvalue weighted by Crippen LogP contribution is -2.23. The maximum Gasteiger partial charge on any atom is 0.237 e. The first kappa shape index (κ1) is 16.6. The van der Waals surface area contributed by atoms with Gasteiger partial charge in [-0.05, 0) is 30.7 Å². The Hall–Kier alpha value is -1.74. The lowest BCUT2D eigenvalue weighted by Gasteiger charge is -2.15. The van der Waals surface area contributed by atoms with E-state index in [2.05, 4.69) is 24.4 Å². The Kier molecular flexibility index (Phi) is 6.53. The van der Waals surface area contributed by atoms with E-state index in [4.69, 9.17) is 0 Å². The van der Waals surface area contributed by atoms with Crippen LogP contribution in [-0.4, -0.2) is 16.9 Å². The number of thioether (sulfide) groups is 1. The van der Waals surface area contributed by atoms with Gasteiger partial charge in [-0.25, -0.2) is 0 Å². The minimum atomic E-state index is -0.0321. The molecule has 0 fully saturated rings. The number of carbonyl (C=O) groups is 1. The van der Waals surface area contributed by atoms with Gasteiger partial charge >= 0.3 is 0 Å². The normalized spacial score (nSPS) is 11.9. The Balaban J connectivity index is 2.08. The number of hydrogen-bond donors (Lipinski definition) is 1. The molecule has 1 N–H and O–H groups in total. The lowest BCUT2D eigenvalue weighted by molar-refractivity contribution is -0.115. The number of amides is 1. The van der Waals surface area contributed by atoms with Gasteiger partial charge in [0.15, 0.2) is 0 Å². The standard InChI is InChI=1S/C19H23NOS/c1-3-4-14-22-15(2)19(21)20-18-13-9-8-12-17(18)16-10-6-5-7-11-16/h5-13,15H,3-4,14H2,1-2H3,(H,20,21). The van der Waals surface area contributed by atoms with Gasteiger partial charge in [-0.15, -0.1) is 11.8 Å². The van der Waals surface area contributed by atoms with Crippen LogP contribution in [0.4, 0.5) is 5.69 Å². The van der Waals surface area contributed by atoms with Crippen molar-refractivity contribution >= 4 is 23.4 Å². The molecule has 1 unspecified atom stereocenters. The summed E-state index contributed by atoms with van der Waals surface area (Å²) < 4.78 is 0. The van der Waals surface area contributed by atoms with E-state index in [1.54, 1.807) is 11.8 Å². The zero-order chi connectivity index (χ0) is 15.8. The minimum Gasteiger partial charge on any atom is -0.325 e. The predicted molar refractivity (Wildman–Crippen MR) is 97.3 cm³/mol. The molecule has 0 heterocycles. The van der Waals surface area contributed by atoms with Crippen molar-refractivity contribution in [1.82, 2.24) is 0 Å². The summed E-state index contributed by atoms with van der Waals surface area (Å²) >= 11 is 1.72. The molecular weight excluding hydrogens is 290 g/mol. The molecule has 0 spiro atoms. The summed E-state index contributed by atoms with van der Waals surface area (Å²) in [5, 5.41) is 3.04. The fourth-order valence-corrected chi connectivity index (χ4v) is 3.20. The third kappa shape index (κ3) is 4.63. The smallest absolute Gasteiger partial charge is 0.237 e. The van der Waals surface area contributed by atoms with E-state index in [0.717, 1.165) is 35.4 Å². The van der Waals surface area contributed by atoms with E-state index in [1.807, 2.05) is 49.4 Å². The van der Waals surface area contributed by atoms with E-state index in [1.165, 1.54) is 0 Å². The van der Waals surface area contributed by atoms with Gasteiger partial charge in [0.25, 0.3) is 0 Å². The van der Waals surface area contributed by atoms with E-state index in [-0.39, 0.29) is 11.2 Å². The van der Waals surface area contributed by atoms with Gasteiger partial charge in [-0.3, -0.25) is 4.79 Å². The first-order chi connectivity index (χ1) is 10.7. The van der Waals surface area contributed by atoms with Gasteiger partial charge in [-0.2, -0.15) is 0 Å². The van der Waals surface area contributed by atoms with Crippen LogP contribution >= 0.6 is 11.8 Å². The monoisotopic (exact) mass is 313 g/mol. The highest BCUT2D eigenvalue weighted by molar-refractivity contribution is 8.00. The second-order valence-corrected chi connectivity index (χ2v) is 6.72. The average Bonchev–Trinajstić information content (AvgIpc) is 2.56. The first-order valence-electron chi connectivity index (χ1n) is 7.79. The molecular formula is C19H23NOS. The van der Waals surface area contributed by atoms with E-state index >= 15 is 0 Å². The molecule has 0 aliphatic carbocycles. The highest BCUT2D eigenvalue weighted by Crippen LogP contribution is 2.28. The summed E-state index contributed by atoms with van der Waals surface area (Å²) in [5.41, 5.74) is 3.05. The zero-order valence-electron chi connectivity index (χ0n) is 13.2. The highest BCUT2D eigenvalue weighted by atomic mass is 32.2. The molecule has 2 aromatic carbocycles. The van der Waals surface area contributed by atoms with Gasteiger partial charge < -0.3 is 5.32 Å². The van der Waals surface area contributed by atoms with Gasteiger partial charge in [0, 0.05) is 11.3 Å². The van der Waals surface area contributed by atoms with Crippen molar-refractivity contribution in [2.75, 3.05) is 11.1 Å². The van der Waals surface area contributed by atoms with Crippen molar-refractivity contribution in [1.29, 1.82) is 0 Å². The van der Waals surface area contributed by atoms with Crippen LogP contribution in [0.15, 0.2) is 54.6 Å². The summed E-state index contributed by atoms with van der Waals surface area (Å²) in [6.45, 7) is 4.14. The number of rotatable bonds is 7. The van der Waals surface area contributed by atoms with Crippen molar-refractivity contribution < 1.29 is 4.79 Å². The molecule has 1 amide bonds. The number of para-hydroxylation sites is 1. The van der Waals surface area contributed by atoms with Crippen molar-refractivity contribution in [2.24, 2.45) is 0 Å². The molecule has 2 aromatic rings. The van der Waals surface area contributed by atoms with Crippen LogP contribution in [0.25, 0.3) is 11.1 Å². The fraction of sp³-hybridized carbons (Fsp3) is 0.316. The van der Waals surface area contributed by atoms with Crippen LogP contribution in [0, 0.1) is 0 Å². The molecule has 1 atom stereocenters. The second kappa shape index (κ2) is 8.64. The number of nitrogens with one attached hydrogen (secondary N) is 1. The summed E-state index contributed by atoms with van der Waals surface area (Å²) in [7, 11) is 0. The molecule has 0 aromatic heterocycles. The van der Waals surface area contributed by atoms with Gasteiger partial charge in [0.1, 0.15) is 0 Å². The van der Waals surface area contributed by atoms with Gasteiger partial charge in [0.05, 0.1) is 5.25 Å². The number of benzene rings is 2. The maximum absolute atomic E-state index is 12.4. The van der Waals surface area contributed by atoms with E-state index in [0.29, 0.717) is 0 Å². The molecule has 116 valence electrons. The zero-order valence-corrected chi connectivity index (χ0v) is 14.0. The van der Waals surface area contributed by atoms with Crippen molar-refractivity contribution in [3.63, 3.8) is 0 Å². The van der Waals surface area contributed by atoms with E-state index in [9.17, 15) is 4.79 Å². The van der Waals surface area contributed by atoms with Crippen LogP contribution in [-0.2, 0) is 4.79 Å². The molecule has 0 bridgehead atoms. The van der Waals surface area contributed by atoms with Crippen molar-refractivity contribution in [2.45, 2.75) is 31.9 Å². The number of hydrogen-bond acceptors (Lipinski definition) is 2. The molecule has 0 aliphatic rings. The van der Waals surface area contributed by atoms with Crippen LogP contribution in [0.1, 0.15) is 26.7 Å². The quantitative estimate of drug-likeness (QED) is 0.711. The molecule has 3 heteroatoms. The molecule has 0 saturated heterocycles. The number of carbonyl (C=O) groups excluding carboxylic acids is 1. The SMILES string of the molecule is CCCCSC(C)C(=O)Nc1ccccc1-c1ccccc1. The second-order valence-electron chi connectivity index (χ2n) is 5.27. The molecule has 22 heavy (non-hydrogen) atoms. The minimum absolute atomic E-state index is 0.0321. The topological polar surface area (TPSA) is 29.1 Å². The third-order valence-electron chi connectivity index (χ3n) is 3.50. The molecule has 0 saturated carbocycles. The summed E-state index contributed by atoms with van der Waals surface area (Å²) in [5.74, 6) is 1.11. The number of unbranched alkanes of at least 4 members (excludes halogenated alkanes) is 1. The van der Waals surface area contributed by atoms with Gasteiger partial charge in [-0.1, -0.05) is 61.9 Å². The Bertz CT molecular complexity index is 597. The molecule has 2 nitrogen and oxygen atoms in total. The first-order valence-corrected chi connectivity index (χ1v) is 8.84. The largest absolute Gasteiger partial charge is 0.325 e. The van der Waals surface area contributed by atoms with Crippen molar-refractivity contribution in [3.05, 3.63) is 54.6 Å². The predicted octanol–water partition coefficient (Wildman–Crippen LogP) is 5.21. The highest BCUT2D eigenvalue weighted by Gasteiger charge is 2.15. The average molecular weight is 313 g/mol. The summed E-state index contributed by atoms with van der Waals surface area (Å²) in [6.07, 6.45) is 2.32. The summed E-state index contributed by atoms with van der Waals surface area (Å²) in [4.78, 5) is 12.4. The maximum atomic E-state index is 12.4. The van der Waals surface area contributed by atoms with E-state index < -0.39 is 0 Å². The van der Waals surface area contributed by atoms with Crippen LogP contribution in [0.3, 0.4) is 0 Å². The fourth-order valence-electron chi connectivity index (χ4n) is 2.18. The van der Waals surface area contributed by atoms with Crippen molar-refractivity contribution in [3.8, 4) is 11.1 Å². The van der Waals surface area contributed by atoms with Crippen LogP contribution in [0.5, 0.6) is 0 Å².